The minimum atomic E-state index is -4.72. The number of nitrogens with two attached hydrogens (primary N) is 1. The van der Waals surface area contributed by atoms with Gasteiger partial charge in [-0.3, -0.25) is 4.79 Å². The first-order valence-electron chi connectivity index (χ1n) is 4.75. The normalized spacial score (nSPS) is 11.0. The lowest BCUT2D eigenvalue weighted by molar-refractivity contribution is -0.274. The molecule has 0 spiro atoms. The monoisotopic (exact) mass is 248 g/mol. The van der Waals surface area contributed by atoms with Crippen molar-refractivity contribution in [2.45, 2.75) is 12.8 Å². The highest BCUT2D eigenvalue weighted by molar-refractivity contribution is 5.74. The summed E-state index contributed by atoms with van der Waals surface area (Å²) >= 11 is 0. The summed E-state index contributed by atoms with van der Waals surface area (Å²) in [5.41, 5.74) is 5.34. The van der Waals surface area contributed by atoms with Gasteiger partial charge in [-0.1, -0.05) is 6.07 Å². The zero-order valence-corrected chi connectivity index (χ0v) is 8.75. The van der Waals surface area contributed by atoms with Crippen molar-refractivity contribution in [1.82, 2.24) is 0 Å². The van der Waals surface area contributed by atoms with Crippen LogP contribution in [0.1, 0.15) is 6.42 Å². The third-order valence-corrected chi connectivity index (χ3v) is 1.77. The Labute approximate surface area is 95.6 Å². The number of benzene rings is 1. The smallest absolute Gasteiger partial charge is 0.406 e. The van der Waals surface area contributed by atoms with Crippen LogP contribution in [-0.2, 0) is 4.79 Å². The molecule has 94 valence electrons. The lowest BCUT2D eigenvalue weighted by atomic mass is 10.3. The lowest BCUT2D eigenvalue weighted by Gasteiger charge is -2.10. The number of alkyl halides is 3. The van der Waals surface area contributed by atoms with Crippen LogP contribution in [0.5, 0.6) is 5.75 Å². The fraction of sp³-hybridized carbons (Fsp3) is 0.300. The van der Waals surface area contributed by atoms with Crippen LogP contribution < -0.4 is 15.8 Å². The first-order chi connectivity index (χ1) is 7.87. The summed E-state index contributed by atoms with van der Waals surface area (Å²) in [7, 11) is 0. The lowest BCUT2D eigenvalue weighted by Crippen LogP contribution is -2.17. The van der Waals surface area contributed by atoms with Crippen molar-refractivity contribution in [1.29, 1.82) is 0 Å². The SMILES string of the molecule is NC(=O)CCNc1cccc(OC(F)(F)F)c1. The van der Waals surface area contributed by atoms with Crippen LogP contribution in [0.2, 0.25) is 0 Å². The van der Waals surface area contributed by atoms with E-state index in [0.717, 1.165) is 0 Å². The van der Waals surface area contributed by atoms with Gasteiger partial charge in [0.25, 0.3) is 0 Å². The fourth-order valence-electron chi connectivity index (χ4n) is 1.13. The molecule has 0 aromatic heterocycles. The molecule has 1 aromatic carbocycles. The summed E-state index contributed by atoms with van der Waals surface area (Å²) in [5, 5.41) is 2.75. The van der Waals surface area contributed by atoms with E-state index in [0.29, 0.717) is 5.69 Å². The van der Waals surface area contributed by atoms with Gasteiger partial charge < -0.3 is 15.8 Å². The predicted octanol–water partition coefficient (Wildman–Crippen LogP) is 1.87. The number of rotatable bonds is 5. The summed E-state index contributed by atoms with van der Waals surface area (Å²) in [6.45, 7) is 0.255. The topological polar surface area (TPSA) is 64.4 Å². The molecule has 0 aliphatic heterocycles. The average Bonchev–Trinajstić information content (AvgIpc) is 2.14. The Kier molecular flexibility index (Phi) is 4.19. The van der Waals surface area contributed by atoms with Crippen molar-refractivity contribution in [3.8, 4) is 5.75 Å². The summed E-state index contributed by atoms with van der Waals surface area (Å²) in [6.07, 6.45) is -4.61. The number of carbonyl (C=O) groups is 1. The molecular formula is C10H11F3N2O2. The molecule has 1 aromatic rings. The first-order valence-corrected chi connectivity index (χ1v) is 4.75. The highest BCUT2D eigenvalue weighted by atomic mass is 19.4. The average molecular weight is 248 g/mol. The quantitative estimate of drug-likeness (QED) is 0.836. The zero-order chi connectivity index (χ0) is 12.9. The second kappa shape index (κ2) is 5.42. The number of anilines is 1. The van der Waals surface area contributed by atoms with Crippen LogP contribution >= 0.6 is 0 Å². The van der Waals surface area contributed by atoms with Crippen molar-refractivity contribution >= 4 is 11.6 Å². The van der Waals surface area contributed by atoms with E-state index in [4.69, 9.17) is 5.73 Å². The second-order valence-electron chi connectivity index (χ2n) is 3.22. The van der Waals surface area contributed by atoms with Crippen LogP contribution in [-0.4, -0.2) is 18.8 Å². The van der Waals surface area contributed by atoms with E-state index in [1.807, 2.05) is 0 Å². The van der Waals surface area contributed by atoms with Gasteiger partial charge in [0.15, 0.2) is 0 Å². The van der Waals surface area contributed by atoms with Gasteiger partial charge in [-0.15, -0.1) is 13.2 Å². The van der Waals surface area contributed by atoms with Crippen LogP contribution in [0, 0.1) is 0 Å². The largest absolute Gasteiger partial charge is 0.573 e. The molecule has 0 bridgehead atoms. The maximum atomic E-state index is 11.9. The Morgan fingerprint density at radius 3 is 2.71 bits per heavy atom. The number of halogens is 3. The molecule has 0 radical (unpaired) electrons. The third-order valence-electron chi connectivity index (χ3n) is 1.77. The molecule has 1 amide bonds. The highest BCUT2D eigenvalue weighted by Gasteiger charge is 2.31. The van der Waals surface area contributed by atoms with Crippen molar-refractivity contribution in [2.75, 3.05) is 11.9 Å². The van der Waals surface area contributed by atoms with E-state index < -0.39 is 12.3 Å². The molecule has 0 saturated heterocycles. The number of ether oxygens (including phenoxy) is 1. The number of hydrogen-bond acceptors (Lipinski definition) is 3. The van der Waals surface area contributed by atoms with E-state index in [1.54, 1.807) is 6.07 Å². The van der Waals surface area contributed by atoms with Gasteiger partial charge in [-0.05, 0) is 12.1 Å². The number of nitrogens with one attached hydrogen (secondary N) is 1. The molecule has 0 fully saturated rings. The van der Waals surface area contributed by atoms with Gasteiger partial charge in [0.05, 0.1) is 0 Å². The molecule has 7 heteroatoms. The van der Waals surface area contributed by atoms with Crippen molar-refractivity contribution in [3.63, 3.8) is 0 Å². The molecule has 3 N–H and O–H groups in total. The highest BCUT2D eigenvalue weighted by Crippen LogP contribution is 2.24. The van der Waals surface area contributed by atoms with Crippen LogP contribution in [0.25, 0.3) is 0 Å². The molecule has 17 heavy (non-hydrogen) atoms. The molecular weight excluding hydrogens is 237 g/mol. The molecule has 1 rings (SSSR count). The maximum Gasteiger partial charge on any atom is 0.573 e. The molecule has 0 aliphatic rings. The van der Waals surface area contributed by atoms with Gasteiger partial charge in [-0.25, -0.2) is 0 Å². The van der Waals surface area contributed by atoms with Gasteiger partial charge in [-0.2, -0.15) is 0 Å². The molecule has 0 saturated carbocycles. The Bertz CT molecular complexity index is 393. The minimum absolute atomic E-state index is 0.102. The number of hydrogen-bond donors (Lipinski definition) is 2. The third kappa shape index (κ3) is 5.64. The van der Waals surface area contributed by atoms with E-state index in [1.165, 1.54) is 18.2 Å². The van der Waals surface area contributed by atoms with Gasteiger partial charge in [0, 0.05) is 24.7 Å². The van der Waals surface area contributed by atoms with Crippen molar-refractivity contribution < 1.29 is 22.7 Å². The molecule has 0 aliphatic carbocycles. The summed E-state index contributed by atoms with van der Waals surface area (Å²) in [4.78, 5) is 10.5. The van der Waals surface area contributed by atoms with Gasteiger partial charge in [0.2, 0.25) is 5.91 Å². The van der Waals surface area contributed by atoms with Crippen LogP contribution in [0.3, 0.4) is 0 Å². The molecule has 0 heterocycles. The second-order valence-corrected chi connectivity index (χ2v) is 3.22. The van der Waals surface area contributed by atoms with E-state index >= 15 is 0 Å². The van der Waals surface area contributed by atoms with Crippen molar-refractivity contribution in [3.05, 3.63) is 24.3 Å². The number of carbonyl (C=O) groups excluding carboxylic acids is 1. The fourth-order valence-corrected chi connectivity index (χ4v) is 1.13. The number of primary amides is 1. The van der Waals surface area contributed by atoms with E-state index in [-0.39, 0.29) is 18.7 Å². The Morgan fingerprint density at radius 1 is 1.41 bits per heavy atom. The van der Waals surface area contributed by atoms with Crippen LogP contribution in [0.15, 0.2) is 24.3 Å². The molecule has 4 nitrogen and oxygen atoms in total. The predicted molar refractivity (Wildman–Crippen MR) is 55.4 cm³/mol. The number of amides is 1. The summed E-state index contributed by atoms with van der Waals surface area (Å²) < 4.78 is 39.5. The van der Waals surface area contributed by atoms with E-state index in [9.17, 15) is 18.0 Å². The summed E-state index contributed by atoms with van der Waals surface area (Å²) in [5.74, 6) is -0.804. The standard InChI is InChI=1S/C10H11F3N2O2/c11-10(12,13)17-8-3-1-2-7(6-8)15-5-4-9(14)16/h1-3,6,15H,4-5H2,(H2,14,16). The first kappa shape index (κ1) is 13.1. The van der Waals surface area contributed by atoms with E-state index in [2.05, 4.69) is 10.1 Å². The van der Waals surface area contributed by atoms with Crippen LogP contribution in [0.4, 0.5) is 18.9 Å². The van der Waals surface area contributed by atoms with Crippen molar-refractivity contribution in [2.24, 2.45) is 5.73 Å². The Hall–Kier alpha value is -1.92. The molecule has 0 atom stereocenters. The Morgan fingerprint density at radius 2 is 2.12 bits per heavy atom. The zero-order valence-electron chi connectivity index (χ0n) is 8.75. The minimum Gasteiger partial charge on any atom is -0.406 e. The maximum absolute atomic E-state index is 11.9. The Balaban J connectivity index is 2.57. The molecule has 0 unspecified atom stereocenters. The summed E-state index contributed by atoms with van der Waals surface area (Å²) in [6, 6.07) is 5.35. The van der Waals surface area contributed by atoms with Gasteiger partial charge in [0.1, 0.15) is 5.75 Å². The van der Waals surface area contributed by atoms with Gasteiger partial charge >= 0.3 is 6.36 Å².